The average molecular weight is 391 g/mol. The van der Waals surface area contributed by atoms with Gasteiger partial charge in [-0.2, -0.15) is 0 Å². The predicted octanol–water partition coefficient (Wildman–Crippen LogP) is 2.90. The molecule has 26 heavy (non-hydrogen) atoms. The summed E-state index contributed by atoms with van der Waals surface area (Å²) in [5, 5.41) is 1.32. The van der Waals surface area contributed by atoms with Crippen LogP contribution in [0.4, 0.5) is 0 Å². The van der Waals surface area contributed by atoms with Gasteiger partial charge in [0.25, 0.3) is 5.56 Å². The molecule has 0 fully saturated rings. The molecule has 136 valence electrons. The first-order valence-corrected chi connectivity index (χ1v) is 9.52. The fourth-order valence-corrected chi connectivity index (χ4v) is 3.68. The fourth-order valence-electron chi connectivity index (χ4n) is 2.62. The SMILES string of the molecule is CC(Cl)=CCn1c(SCCc2ccccc2)nc2c1c(=O)[nH]c(=O)n2C. The molecule has 2 heterocycles. The zero-order chi connectivity index (χ0) is 18.7. The number of H-pyrrole nitrogens is 1. The second kappa shape index (κ2) is 7.97. The lowest BCUT2D eigenvalue weighted by Crippen LogP contribution is -2.29. The van der Waals surface area contributed by atoms with Crippen LogP contribution in [0.1, 0.15) is 12.5 Å². The van der Waals surface area contributed by atoms with E-state index in [-0.39, 0.29) is 0 Å². The number of hydrogen-bond donors (Lipinski definition) is 1. The van der Waals surface area contributed by atoms with Crippen LogP contribution in [0.25, 0.3) is 11.2 Å². The Kier molecular flexibility index (Phi) is 5.68. The van der Waals surface area contributed by atoms with Crippen molar-refractivity contribution in [2.75, 3.05) is 5.75 Å². The van der Waals surface area contributed by atoms with E-state index in [4.69, 9.17) is 11.6 Å². The maximum absolute atomic E-state index is 12.3. The molecule has 3 rings (SSSR count). The van der Waals surface area contributed by atoms with E-state index in [1.54, 1.807) is 30.3 Å². The lowest BCUT2D eigenvalue weighted by Gasteiger charge is -2.06. The standard InChI is InChI=1S/C18H19ClN4O2S/c1-12(19)8-10-23-14-15(22(2)17(25)21-16(14)24)20-18(23)26-11-9-13-6-4-3-5-7-13/h3-8H,9-11H2,1-2H3,(H,21,24,25). The number of thioether (sulfide) groups is 1. The van der Waals surface area contributed by atoms with E-state index < -0.39 is 11.2 Å². The summed E-state index contributed by atoms with van der Waals surface area (Å²) in [5.41, 5.74) is 1.08. The van der Waals surface area contributed by atoms with Crippen molar-refractivity contribution in [3.63, 3.8) is 0 Å². The molecule has 0 radical (unpaired) electrons. The van der Waals surface area contributed by atoms with E-state index in [1.807, 2.05) is 24.3 Å². The molecule has 0 unspecified atom stereocenters. The van der Waals surface area contributed by atoms with Crippen molar-refractivity contribution in [1.29, 1.82) is 0 Å². The minimum atomic E-state index is -0.475. The number of fused-ring (bicyclic) bond motifs is 1. The van der Waals surface area contributed by atoms with Gasteiger partial charge in [-0.3, -0.25) is 14.3 Å². The molecule has 0 aliphatic rings. The quantitative estimate of drug-likeness (QED) is 0.657. The van der Waals surface area contributed by atoms with Gasteiger partial charge >= 0.3 is 5.69 Å². The van der Waals surface area contributed by atoms with Gasteiger partial charge in [-0.15, -0.1) is 0 Å². The van der Waals surface area contributed by atoms with Gasteiger partial charge in [0, 0.05) is 24.4 Å². The van der Waals surface area contributed by atoms with Gasteiger partial charge in [-0.25, -0.2) is 9.78 Å². The van der Waals surface area contributed by atoms with Gasteiger partial charge in [0.1, 0.15) is 0 Å². The average Bonchev–Trinajstić information content (AvgIpc) is 2.98. The molecule has 2 aromatic heterocycles. The fraction of sp³-hybridized carbons (Fsp3) is 0.278. The highest BCUT2D eigenvalue weighted by atomic mass is 35.5. The third-order valence-corrected chi connectivity index (χ3v) is 5.12. The lowest BCUT2D eigenvalue weighted by molar-refractivity contribution is 0.742. The largest absolute Gasteiger partial charge is 0.329 e. The number of nitrogens with zero attached hydrogens (tertiary/aromatic N) is 3. The number of allylic oxidation sites excluding steroid dienone is 2. The van der Waals surface area contributed by atoms with Crippen molar-refractivity contribution in [2.24, 2.45) is 7.05 Å². The van der Waals surface area contributed by atoms with Crippen molar-refractivity contribution in [3.05, 3.63) is 67.8 Å². The van der Waals surface area contributed by atoms with Crippen LogP contribution in [0.5, 0.6) is 0 Å². The molecule has 1 N–H and O–H groups in total. The smallest absolute Gasteiger partial charge is 0.309 e. The second-order valence-corrected chi connectivity index (χ2v) is 7.53. The highest BCUT2D eigenvalue weighted by molar-refractivity contribution is 7.99. The molecular formula is C18H19ClN4O2S. The molecular weight excluding hydrogens is 372 g/mol. The monoisotopic (exact) mass is 390 g/mol. The van der Waals surface area contributed by atoms with E-state index in [1.165, 1.54) is 10.1 Å². The van der Waals surface area contributed by atoms with Crippen molar-refractivity contribution >= 4 is 34.5 Å². The van der Waals surface area contributed by atoms with E-state index >= 15 is 0 Å². The Balaban J connectivity index is 1.97. The summed E-state index contributed by atoms with van der Waals surface area (Å²) in [4.78, 5) is 31.1. The van der Waals surface area contributed by atoms with E-state index in [0.717, 1.165) is 12.2 Å². The maximum atomic E-state index is 12.3. The van der Waals surface area contributed by atoms with Crippen LogP contribution in [-0.2, 0) is 20.0 Å². The van der Waals surface area contributed by atoms with Crippen LogP contribution in [0.3, 0.4) is 0 Å². The molecule has 8 heteroatoms. The van der Waals surface area contributed by atoms with Crippen LogP contribution >= 0.6 is 23.4 Å². The Bertz CT molecular complexity index is 1060. The summed E-state index contributed by atoms with van der Waals surface area (Å²) in [6, 6.07) is 10.2. The molecule has 0 aliphatic carbocycles. The number of hydrogen-bond acceptors (Lipinski definition) is 4. The van der Waals surface area contributed by atoms with Crippen molar-refractivity contribution in [3.8, 4) is 0 Å². The highest BCUT2D eigenvalue weighted by Crippen LogP contribution is 2.23. The number of aromatic nitrogens is 4. The second-order valence-electron chi connectivity index (χ2n) is 5.87. The molecule has 0 bridgehead atoms. The third-order valence-electron chi connectivity index (χ3n) is 3.99. The van der Waals surface area contributed by atoms with Gasteiger partial charge in [-0.1, -0.05) is 59.8 Å². The molecule has 1 aromatic carbocycles. The number of nitrogens with one attached hydrogen (secondary N) is 1. The van der Waals surface area contributed by atoms with Gasteiger partial charge in [0.05, 0.1) is 0 Å². The summed E-state index contributed by atoms with van der Waals surface area (Å²) in [6.07, 6.45) is 2.70. The first-order valence-electron chi connectivity index (χ1n) is 8.16. The van der Waals surface area contributed by atoms with E-state index in [9.17, 15) is 9.59 Å². The Morgan fingerprint density at radius 1 is 1.31 bits per heavy atom. The summed E-state index contributed by atoms with van der Waals surface area (Å²) in [5.74, 6) is 0.808. The van der Waals surface area contributed by atoms with Gasteiger partial charge < -0.3 is 4.57 Å². The lowest BCUT2D eigenvalue weighted by atomic mass is 10.2. The molecule has 0 aliphatic heterocycles. The number of benzene rings is 1. The van der Waals surface area contributed by atoms with Gasteiger partial charge in [0.2, 0.25) is 0 Å². The Morgan fingerprint density at radius 3 is 2.73 bits per heavy atom. The highest BCUT2D eigenvalue weighted by Gasteiger charge is 2.17. The van der Waals surface area contributed by atoms with Crippen LogP contribution in [-0.4, -0.2) is 24.9 Å². The van der Waals surface area contributed by atoms with Crippen molar-refractivity contribution in [2.45, 2.75) is 25.0 Å². The molecule has 6 nitrogen and oxygen atoms in total. The molecule has 0 saturated heterocycles. The normalized spacial score (nSPS) is 12.0. The summed E-state index contributed by atoms with van der Waals surface area (Å²) < 4.78 is 3.15. The Morgan fingerprint density at radius 2 is 2.04 bits per heavy atom. The number of aryl methyl sites for hydroxylation is 2. The number of halogens is 1. The minimum absolute atomic E-state index is 0.376. The molecule has 0 spiro atoms. The summed E-state index contributed by atoms with van der Waals surface area (Å²) in [6.45, 7) is 2.20. The minimum Gasteiger partial charge on any atom is -0.309 e. The Labute approximate surface area is 159 Å². The topological polar surface area (TPSA) is 72.7 Å². The molecule has 0 amide bonds. The molecule has 0 saturated carbocycles. The van der Waals surface area contributed by atoms with Crippen LogP contribution in [0.2, 0.25) is 0 Å². The first-order chi connectivity index (χ1) is 12.5. The number of aromatic amines is 1. The maximum Gasteiger partial charge on any atom is 0.329 e. The molecule has 3 aromatic rings. The van der Waals surface area contributed by atoms with E-state index in [0.29, 0.717) is 27.9 Å². The number of rotatable bonds is 6. The Hall–Kier alpha value is -2.25. The van der Waals surface area contributed by atoms with Crippen LogP contribution in [0.15, 0.2) is 56.2 Å². The zero-order valence-electron chi connectivity index (χ0n) is 14.5. The zero-order valence-corrected chi connectivity index (χ0v) is 16.1. The predicted molar refractivity (Wildman–Crippen MR) is 106 cm³/mol. The summed E-state index contributed by atoms with van der Waals surface area (Å²) >= 11 is 7.51. The van der Waals surface area contributed by atoms with Crippen molar-refractivity contribution in [1.82, 2.24) is 19.1 Å². The van der Waals surface area contributed by atoms with Gasteiger partial charge in [-0.05, 0) is 18.9 Å². The van der Waals surface area contributed by atoms with Gasteiger partial charge in [0.15, 0.2) is 16.3 Å². The molecule has 0 atom stereocenters. The number of imidazole rings is 1. The van der Waals surface area contributed by atoms with Crippen LogP contribution < -0.4 is 11.2 Å². The first kappa shape index (κ1) is 18.5. The van der Waals surface area contributed by atoms with E-state index in [2.05, 4.69) is 22.1 Å². The van der Waals surface area contributed by atoms with Crippen molar-refractivity contribution < 1.29 is 0 Å². The van der Waals surface area contributed by atoms with Crippen LogP contribution in [0, 0.1) is 0 Å². The third kappa shape index (κ3) is 3.94. The summed E-state index contributed by atoms with van der Waals surface area (Å²) in [7, 11) is 1.60.